The standard InChI is InChI=1S/C13H13N4O4.C6H13NO3S2.Y/c1-10-14-9-12(17(19)20)16(10)7-8-21-13(18)15-11-5-3-2-4-6-11;1-9-2-4-11-12-5-3-10-6(7)8;/h3-6,9H,7-8H2,1H3,(H,15,18);2-5H2,1H3,(H2,7,8);/q-1;;/p-1. The van der Waals surface area contributed by atoms with Crippen LogP contribution in [0.1, 0.15) is 5.82 Å². The van der Waals surface area contributed by atoms with E-state index >= 15 is 0 Å². The molecule has 0 bridgehead atoms. The molecule has 12 nitrogen and oxygen atoms in total. The van der Waals surface area contributed by atoms with Gasteiger partial charge in [0.05, 0.1) is 13.2 Å². The van der Waals surface area contributed by atoms with Gasteiger partial charge in [0, 0.05) is 58.2 Å². The van der Waals surface area contributed by atoms with Gasteiger partial charge in [-0.2, -0.15) is 18.2 Å². The molecule has 1 heterocycles. The van der Waals surface area contributed by atoms with Crippen LogP contribution in [0.25, 0.3) is 5.73 Å². The number of rotatable bonds is 12. The third-order valence-electron chi connectivity index (χ3n) is 3.59. The first-order chi connectivity index (χ1) is 15.8. The number of amides is 2. The van der Waals surface area contributed by atoms with Gasteiger partial charge in [0.15, 0.2) is 5.82 Å². The van der Waals surface area contributed by atoms with Gasteiger partial charge in [-0.25, -0.2) is 14.3 Å². The molecule has 34 heavy (non-hydrogen) atoms. The second-order valence-corrected chi connectivity index (χ2v) is 8.60. The number of nitrogens with zero attached hydrogens (tertiary/aromatic N) is 3. The van der Waals surface area contributed by atoms with E-state index in [1.807, 2.05) is 0 Å². The normalized spacial score (nSPS) is 9.71. The third kappa shape index (κ3) is 14.4. The molecule has 2 aromatic rings. The van der Waals surface area contributed by atoms with Gasteiger partial charge >= 0.3 is 11.9 Å². The Kier molecular flexibility index (Phi) is 18.4. The molecule has 1 aromatic carbocycles. The van der Waals surface area contributed by atoms with Crippen molar-refractivity contribution in [2.75, 3.05) is 43.8 Å². The van der Waals surface area contributed by atoms with Gasteiger partial charge in [-0.15, -0.1) is 12.1 Å². The van der Waals surface area contributed by atoms with Crippen molar-refractivity contribution in [1.29, 1.82) is 0 Å². The van der Waals surface area contributed by atoms with Gasteiger partial charge in [-0.1, -0.05) is 27.3 Å². The summed E-state index contributed by atoms with van der Waals surface area (Å²) in [4.78, 5) is 35.7. The van der Waals surface area contributed by atoms with Crippen LogP contribution >= 0.6 is 21.6 Å². The molecule has 0 unspecified atom stereocenters. The molecule has 2 rings (SSSR count). The van der Waals surface area contributed by atoms with E-state index in [0.717, 1.165) is 18.1 Å². The van der Waals surface area contributed by atoms with Crippen LogP contribution in [-0.2, 0) is 53.5 Å². The van der Waals surface area contributed by atoms with Crippen LogP contribution in [0, 0.1) is 23.1 Å². The Hall–Kier alpha value is -1.87. The molecule has 0 saturated heterocycles. The third-order valence-corrected chi connectivity index (χ3v) is 5.92. The second-order valence-electron chi connectivity index (χ2n) is 5.89. The van der Waals surface area contributed by atoms with Gasteiger partial charge < -0.3 is 35.4 Å². The van der Waals surface area contributed by atoms with E-state index in [2.05, 4.69) is 21.1 Å². The van der Waals surface area contributed by atoms with Crippen molar-refractivity contribution in [3.8, 4) is 0 Å². The maximum Gasteiger partial charge on any atom is 0.409 e. The minimum absolute atomic E-state index is 0. The van der Waals surface area contributed by atoms with Crippen molar-refractivity contribution < 1.29 is 61.4 Å². The van der Waals surface area contributed by atoms with E-state index in [1.165, 1.54) is 10.8 Å². The number of hydrogen-bond acceptors (Lipinski definition) is 10. The molecule has 0 saturated carbocycles. The number of nitrogens with one attached hydrogen (secondary N) is 2. The first-order valence-corrected chi connectivity index (χ1v) is 12.0. The molecule has 0 atom stereocenters. The molecule has 1 aromatic heterocycles. The minimum atomic E-state index is -0.961. The van der Waals surface area contributed by atoms with Crippen LogP contribution in [0.15, 0.2) is 30.5 Å². The topological polar surface area (TPSA) is 159 Å². The van der Waals surface area contributed by atoms with Crippen molar-refractivity contribution in [1.82, 2.24) is 9.55 Å². The summed E-state index contributed by atoms with van der Waals surface area (Å²) in [6, 6.07) is 9.49. The first-order valence-electron chi connectivity index (χ1n) is 9.53. The number of hydrogen-bond donors (Lipinski definition) is 1. The van der Waals surface area contributed by atoms with Gasteiger partial charge in [-0.05, 0) is 4.92 Å². The van der Waals surface area contributed by atoms with Crippen molar-refractivity contribution in [2.45, 2.75) is 13.5 Å². The zero-order valence-corrected chi connectivity index (χ0v) is 23.2. The predicted octanol–water partition coefficient (Wildman–Crippen LogP) is 4.35. The van der Waals surface area contributed by atoms with Gasteiger partial charge in [-0.3, -0.25) is 4.79 Å². The van der Waals surface area contributed by atoms with Crippen molar-refractivity contribution in [3.63, 3.8) is 0 Å². The first kappa shape index (κ1) is 32.1. The zero-order chi connectivity index (χ0) is 24.5. The molecule has 15 heteroatoms. The number of aryl methyl sites for hydroxylation is 1. The Morgan fingerprint density at radius 2 is 1.85 bits per heavy atom. The number of carbonyl (C=O) groups excluding carboxylic acids is 2. The predicted molar refractivity (Wildman–Crippen MR) is 126 cm³/mol. The maximum atomic E-state index is 11.5. The maximum absolute atomic E-state index is 11.5. The summed E-state index contributed by atoms with van der Waals surface area (Å²) in [5.41, 5.74) is 7.01. The molecular weight excluding hydrogens is 563 g/mol. The number of methoxy groups -OCH3 is 1. The minimum Gasteiger partial charge on any atom is -0.632 e. The molecule has 1 radical (unpaired) electrons. The summed E-state index contributed by atoms with van der Waals surface area (Å²) in [6.45, 7) is 2.86. The summed E-state index contributed by atoms with van der Waals surface area (Å²) < 4.78 is 15.6. The fraction of sp³-hybridized carbons (Fsp3) is 0.421. The monoisotopic (exact) mass is 588 g/mol. The smallest absolute Gasteiger partial charge is 0.409 e. The van der Waals surface area contributed by atoms with Gasteiger partial charge in [0.2, 0.25) is 6.09 Å². The van der Waals surface area contributed by atoms with Crippen LogP contribution in [0.5, 0.6) is 0 Å². The van der Waals surface area contributed by atoms with E-state index in [1.54, 1.807) is 59.9 Å². The van der Waals surface area contributed by atoms with Crippen LogP contribution < -0.4 is 5.32 Å². The Morgan fingerprint density at radius 1 is 1.21 bits per heavy atom. The number of aromatic nitrogens is 2. The molecule has 0 fully saturated rings. The summed E-state index contributed by atoms with van der Waals surface area (Å²) in [7, 11) is 4.94. The zero-order valence-electron chi connectivity index (χ0n) is 18.7. The molecule has 0 aliphatic carbocycles. The number of imidazole rings is 1. The van der Waals surface area contributed by atoms with Crippen molar-refractivity contribution in [3.05, 3.63) is 58.2 Å². The van der Waals surface area contributed by atoms with E-state index in [4.69, 9.17) is 15.2 Å². The van der Waals surface area contributed by atoms with E-state index in [-0.39, 0.29) is 51.7 Å². The molecule has 2 N–H and O–H groups in total. The Balaban J connectivity index is 0.000000723. The van der Waals surface area contributed by atoms with Crippen LogP contribution in [-0.4, -0.2) is 65.1 Å². The summed E-state index contributed by atoms with van der Waals surface area (Å²) in [5, 5.41) is 13.3. The van der Waals surface area contributed by atoms with E-state index in [9.17, 15) is 19.7 Å². The van der Waals surface area contributed by atoms with Crippen molar-refractivity contribution in [2.24, 2.45) is 0 Å². The Morgan fingerprint density at radius 3 is 2.44 bits per heavy atom. The number of anilines is 1. The summed E-state index contributed by atoms with van der Waals surface area (Å²) in [6.07, 6.45) is -0.408. The number of nitro groups is 1. The fourth-order valence-corrected chi connectivity index (χ4v) is 3.87. The van der Waals surface area contributed by atoms with Gasteiger partial charge in [0.25, 0.3) is 0 Å². The van der Waals surface area contributed by atoms with Crippen LogP contribution in [0.4, 0.5) is 21.1 Å². The molecule has 0 aliphatic rings. The quantitative estimate of drug-likeness (QED) is 0.124. The molecular formula is C19H25N5O7S2Y-2. The fourth-order valence-electron chi connectivity index (χ4n) is 2.14. The van der Waals surface area contributed by atoms with Crippen LogP contribution in [0.3, 0.4) is 0 Å². The molecule has 0 spiro atoms. The SMILES string of the molecule is COCCSSCCOC([NH-])=O.Cc1ncc([N+](=O)[O-])n1CCOC(=O)Nc1cc[c-]cc1.[Y]. The summed E-state index contributed by atoms with van der Waals surface area (Å²) in [5.74, 6) is 2.01. The second kappa shape index (κ2) is 19.4. The number of benzene rings is 1. The molecule has 2 amide bonds. The number of ether oxygens (including phenoxy) is 3. The average molecular weight is 588 g/mol. The Bertz CT molecular complexity index is 874. The molecule has 185 valence electrons. The largest absolute Gasteiger partial charge is 0.632 e. The van der Waals surface area contributed by atoms with Crippen molar-refractivity contribution >= 4 is 45.3 Å². The number of carbonyl (C=O) groups is 2. The summed E-state index contributed by atoms with van der Waals surface area (Å²) >= 11 is 0. The van der Waals surface area contributed by atoms with E-state index in [0.29, 0.717) is 18.1 Å². The molecule has 0 aliphatic heterocycles. The average Bonchev–Trinajstić information content (AvgIpc) is 3.15. The Labute approximate surface area is 230 Å². The van der Waals surface area contributed by atoms with E-state index < -0.39 is 17.1 Å². The van der Waals surface area contributed by atoms with Gasteiger partial charge in [0.1, 0.15) is 19.3 Å². The van der Waals surface area contributed by atoms with Crippen LogP contribution in [0.2, 0.25) is 0 Å².